The van der Waals surface area contributed by atoms with Crippen molar-refractivity contribution in [3.8, 4) is 11.5 Å². The van der Waals surface area contributed by atoms with Gasteiger partial charge >= 0.3 is 0 Å². The summed E-state index contributed by atoms with van der Waals surface area (Å²) in [5.41, 5.74) is 1.65. The van der Waals surface area contributed by atoms with Crippen LogP contribution in [0, 0.1) is 0 Å². The number of ketones is 2. The van der Waals surface area contributed by atoms with Gasteiger partial charge in [-0.15, -0.1) is 0 Å². The molecule has 0 fully saturated rings. The van der Waals surface area contributed by atoms with Crippen molar-refractivity contribution in [3.05, 3.63) is 57.6 Å². The number of aryl methyl sites for hydroxylation is 1. The van der Waals surface area contributed by atoms with Crippen LogP contribution in [0.1, 0.15) is 44.2 Å². The molecule has 1 atom stereocenters. The Labute approximate surface area is 157 Å². The number of ether oxygens (including phenoxy) is 1. The third-order valence-corrected chi connectivity index (χ3v) is 4.54. The Kier molecular flexibility index (Phi) is 6.63. The summed E-state index contributed by atoms with van der Waals surface area (Å²) in [4.78, 5) is 24.4. The van der Waals surface area contributed by atoms with Crippen molar-refractivity contribution >= 4 is 34.8 Å². The van der Waals surface area contributed by atoms with Crippen LogP contribution in [0.4, 0.5) is 0 Å². The maximum Gasteiger partial charge on any atom is 0.147 e. The second-order valence-corrected chi connectivity index (χ2v) is 6.60. The first-order chi connectivity index (χ1) is 11.9. The van der Waals surface area contributed by atoms with Gasteiger partial charge in [-0.1, -0.05) is 43.1 Å². The molecule has 0 aliphatic carbocycles. The van der Waals surface area contributed by atoms with Crippen molar-refractivity contribution in [1.82, 2.24) is 0 Å². The maximum absolute atomic E-state index is 12.3. The van der Waals surface area contributed by atoms with Gasteiger partial charge in [-0.3, -0.25) is 9.59 Å². The van der Waals surface area contributed by atoms with E-state index >= 15 is 0 Å². The smallest absolute Gasteiger partial charge is 0.147 e. The van der Waals surface area contributed by atoms with Crippen LogP contribution in [0.2, 0.25) is 10.0 Å². The minimum atomic E-state index is -0.760. The van der Waals surface area contributed by atoms with Crippen molar-refractivity contribution in [1.29, 1.82) is 0 Å². The zero-order chi connectivity index (χ0) is 18.6. The molecule has 0 radical (unpaired) electrons. The average Bonchev–Trinajstić information content (AvgIpc) is 2.57. The van der Waals surface area contributed by atoms with Crippen LogP contribution in [-0.4, -0.2) is 11.6 Å². The molecule has 0 heterocycles. The molecule has 0 amide bonds. The summed E-state index contributed by atoms with van der Waals surface area (Å²) >= 11 is 12.0. The Morgan fingerprint density at radius 3 is 2.36 bits per heavy atom. The molecule has 2 rings (SSSR count). The summed E-state index contributed by atoms with van der Waals surface area (Å²) in [5, 5.41) is 0.908. The van der Waals surface area contributed by atoms with Crippen molar-refractivity contribution < 1.29 is 14.3 Å². The van der Waals surface area contributed by atoms with Crippen LogP contribution in [0.15, 0.2) is 36.4 Å². The van der Waals surface area contributed by atoms with Crippen LogP contribution >= 0.6 is 23.2 Å². The monoisotopic (exact) mass is 378 g/mol. The molecular weight excluding hydrogens is 359 g/mol. The van der Waals surface area contributed by atoms with Crippen LogP contribution < -0.4 is 4.74 Å². The molecule has 1 unspecified atom stereocenters. The van der Waals surface area contributed by atoms with Crippen LogP contribution in [-0.2, 0) is 16.0 Å². The highest BCUT2D eigenvalue weighted by Crippen LogP contribution is 2.34. The van der Waals surface area contributed by atoms with Crippen molar-refractivity contribution in [2.24, 2.45) is 0 Å². The molecule has 0 aliphatic rings. The van der Waals surface area contributed by atoms with Crippen LogP contribution in [0.3, 0.4) is 0 Å². The number of rotatable bonds is 7. The topological polar surface area (TPSA) is 43.4 Å². The van der Waals surface area contributed by atoms with E-state index in [1.165, 1.54) is 6.92 Å². The molecule has 0 aliphatic heterocycles. The van der Waals surface area contributed by atoms with Gasteiger partial charge in [0.15, 0.2) is 0 Å². The van der Waals surface area contributed by atoms with Gasteiger partial charge in [0.1, 0.15) is 29.0 Å². The van der Waals surface area contributed by atoms with Crippen molar-refractivity contribution in [3.63, 3.8) is 0 Å². The summed E-state index contributed by atoms with van der Waals surface area (Å²) < 4.78 is 5.83. The van der Waals surface area contributed by atoms with Crippen LogP contribution in [0.25, 0.3) is 0 Å². The zero-order valence-electron chi connectivity index (χ0n) is 14.4. The number of benzene rings is 2. The molecule has 0 saturated heterocycles. The largest absolute Gasteiger partial charge is 0.456 e. The Bertz CT molecular complexity index is 800. The highest BCUT2D eigenvalue weighted by Gasteiger charge is 2.26. The Hall–Kier alpha value is -1.84. The first kappa shape index (κ1) is 19.5. The first-order valence-corrected chi connectivity index (χ1v) is 8.91. The molecule has 0 spiro atoms. The highest BCUT2D eigenvalue weighted by molar-refractivity contribution is 6.35. The molecule has 2 aromatic rings. The number of hydrogen-bond acceptors (Lipinski definition) is 3. The lowest BCUT2D eigenvalue weighted by molar-refractivity contribution is -0.127. The second-order valence-electron chi connectivity index (χ2n) is 5.75. The summed E-state index contributed by atoms with van der Waals surface area (Å²) in [7, 11) is 0. The van der Waals surface area contributed by atoms with Gasteiger partial charge < -0.3 is 4.74 Å². The fourth-order valence-corrected chi connectivity index (χ4v) is 3.18. The second kappa shape index (κ2) is 8.50. The van der Waals surface area contributed by atoms with E-state index in [9.17, 15) is 9.59 Å². The number of carbonyl (C=O) groups excluding carboxylic acids is 2. The third kappa shape index (κ3) is 4.62. The standard InChI is InChI=1S/C20H20Cl2O3/c1-4-13-6-8-15(25-19-9-7-14(21)10-17(19)22)11-16(13)20(12(3)23)18(24)5-2/h6-11,20H,4-5H2,1-3H3. The molecule has 25 heavy (non-hydrogen) atoms. The molecule has 0 aromatic heterocycles. The Morgan fingerprint density at radius 2 is 1.80 bits per heavy atom. The van der Waals surface area contributed by atoms with Gasteiger partial charge in [0.2, 0.25) is 0 Å². The molecule has 0 bridgehead atoms. The zero-order valence-corrected chi connectivity index (χ0v) is 15.9. The van der Waals surface area contributed by atoms with E-state index in [2.05, 4.69) is 0 Å². The van der Waals surface area contributed by atoms with Gasteiger partial charge in [0.05, 0.1) is 5.02 Å². The summed E-state index contributed by atoms with van der Waals surface area (Å²) in [6, 6.07) is 10.4. The Balaban J connectivity index is 2.45. The fourth-order valence-electron chi connectivity index (χ4n) is 2.74. The van der Waals surface area contributed by atoms with Gasteiger partial charge in [-0.25, -0.2) is 0 Å². The minimum Gasteiger partial charge on any atom is -0.456 e. The van der Waals surface area contributed by atoms with Gasteiger partial charge in [0.25, 0.3) is 0 Å². The third-order valence-electron chi connectivity index (χ3n) is 4.01. The molecule has 5 heteroatoms. The maximum atomic E-state index is 12.3. The lowest BCUT2D eigenvalue weighted by Gasteiger charge is -2.18. The van der Waals surface area contributed by atoms with Gasteiger partial charge in [-0.2, -0.15) is 0 Å². The van der Waals surface area contributed by atoms with E-state index in [1.54, 1.807) is 37.3 Å². The quantitative estimate of drug-likeness (QED) is 0.554. The van der Waals surface area contributed by atoms with Crippen LogP contribution in [0.5, 0.6) is 11.5 Å². The number of halogens is 2. The highest BCUT2D eigenvalue weighted by atomic mass is 35.5. The normalized spacial score (nSPS) is 11.9. The van der Waals surface area contributed by atoms with E-state index in [0.29, 0.717) is 33.5 Å². The van der Waals surface area contributed by atoms with Crippen molar-refractivity contribution in [2.75, 3.05) is 0 Å². The molecule has 0 N–H and O–H groups in total. The van der Waals surface area contributed by atoms with E-state index in [1.807, 2.05) is 13.0 Å². The Morgan fingerprint density at radius 1 is 1.08 bits per heavy atom. The predicted molar refractivity (Wildman–Crippen MR) is 101 cm³/mol. The predicted octanol–water partition coefficient (Wildman–Crippen LogP) is 6.00. The number of carbonyl (C=O) groups is 2. The van der Waals surface area contributed by atoms with E-state index in [0.717, 1.165) is 12.0 Å². The minimum absolute atomic E-state index is 0.0936. The molecule has 132 valence electrons. The molecular formula is C20H20Cl2O3. The summed E-state index contributed by atoms with van der Waals surface area (Å²) in [5.74, 6) is -0.0367. The SMILES string of the molecule is CCC(=O)C(C(C)=O)c1cc(Oc2ccc(Cl)cc2Cl)ccc1CC. The number of hydrogen-bond donors (Lipinski definition) is 0. The van der Waals surface area contributed by atoms with E-state index in [-0.39, 0.29) is 11.6 Å². The van der Waals surface area contributed by atoms with Gasteiger partial charge in [0, 0.05) is 11.4 Å². The lowest BCUT2D eigenvalue weighted by Crippen LogP contribution is -2.20. The molecule has 0 saturated carbocycles. The number of Topliss-reactive ketones (excluding diaryl/α,β-unsaturated/α-hetero) is 2. The van der Waals surface area contributed by atoms with Gasteiger partial charge in [-0.05, 0) is 54.8 Å². The molecule has 2 aromatic carbocycles. The first-order valence-electron chi connectivity index (χ1n) is 8.16. The summed E-state index contributed by atoms with van der Waals surface area (Å²) in [6.07, 6.45) is 1.03. The van der Waals surface area contributed by atoms with E-state index < -0.39 is 5.92 Å². The average molecular weight is 379 g/mol. The summed E-state index contributed by atoms with van der Waals surface area (Å²) in [6.45, 7) is 5.20. The molecule has 3 nitrogen and oxygen atoms in total. The van der Waals surface area contributed by atoms with E-state index in [4.69, 9.17) is 27.9 Å². The fraction of sp³-hybridized carbons (Fsp3) is 0.300. The van der Waals surface area contributed by atoms with Crippen molar-refractivity contribution in [2.45, 2.75) is 39.5 Å². The lowest BCUT2D eigenvalue weighted by atomic mass is 9.86.